The predicted molar refractivity (Wildman–Crippen MR) is 131 cm³/mol. The summed E-state index contributed by atoms with van der Waals surface area (Å²) < 4.78 is 18.1. The summed E-state index contributed by atoms with van der Waals surface area (Å²) in [5.74, 6) is 0. The number of nitrogens with zero attached hydrogens (tertiary/aromatic N) is 1. The monoisotopic (exact) mass is 607 g/mol. The predicted octanol–water partition coefficient (Wildman–Crippen LogP) is 4.75. The number of halogens is 2. The average Bonchev–Trinajstić information content (AvgIpc) is 2.61. The Labute approximate surface area is 191 Å². The first kappa shape index (κ1) is 24.7. The number of anilines is 1. The number of hydrogen-bond donors (Lipinski definition) is 1. The first-order chi connectivity index (χ1) is 12.4. The van der Waals surface area contributed by atoms with Crippen molar-refractivity contribution < 1.29 is 14.2 Å². The van der Waals surface area contributed by atoms with E-state index in [-0.39, 0.29) is 4.75 Å². The first-order valence-electron chi connectivity index (χ1n) is 8.76. The van der Waals surface area contributed by atoms with Crippen LogP contribution in [0.25, 0.3) is 0 Å². The zero-order valence-corrected chi connectivity index (χ0v) is 21.2. The van der Waals surface area contributed by atoms with Crippen LogP contribution in [0.4, 0.5) is 5.69 Å². The molecule has 0 saturated heterocycles. The lowest BCUT2D eigenvalue weighted by molar-refractivity contribution is 0.0264. The zero-order chi connectivity index (χ0) is 19.4. The van der Waals surface area contributed by atoms with Crippen LogP contribution < -0.4 is 4.90 Å². The van der Waals surface area contributed by atoms with Crippen molar-refractivity contribution >= 4 is 63.5 Å². The molecule has 26 heavy (non-hydrogen) atoms. The van der Waals surface area contributed by atoms with Crippen molar-refractivity contribution in [2.45, 2.75) is 27.4 Å². The number of alkyl halides is 2. The maximum Gasteiger partial charge on any atom is 0.0701 e. The molecule has 0 aliphatic carbocycles. The molecule has 0 aromatic heterocycles. The van der Waals surface area contributed by atoms with Gasteiger partial charge in [0.2, 0.25) is 0 Å². The maximum atomic E-state index is 5.76. The van der Waals surface area contributed by atoms with Crippen LogP contribution in [0.15, 0.2) is 18.2 Å². The smallest absolute Gasteiger partial charge is 0.0701 e. The molecule has 0 saturated carbocycles. The van der Waals surface area contributed by atoms with Gasteiger partial charge in [-0.05, 0) is 37.1 Å². The minimum Gasteiger partial charge on any atom is -0.382 e. The summed E-state index contributed by atoms with van der Waals surface area (Å²) in [7, 11) is 1.67. The van der Waals surface area contributed by atoms with E-state index in [1.807, 2.05) is 0 Å². The summed E-state index contributed by atoms with van der Waals surface area (Å²) in [4.78, 5) is 2.38. The van der Waals surface area contributed by atoms with Gasteiger partial charge < -0.3 is 19.1 Å². The van der Waals surface area contributed by atoms with Crippen LogP contribution in [0.3, 0.4) is 0 Å². The number of methoxy groups -OCH3 is 1. The number of benzene rings is 1. The van der Waals surface area contributed by atoms with Crippen molar-refractivity contribution in [3.8, 4) is 0 Å². The molecule has 7 heteroatoms. The number of hydrogen-bond acceptors (Lipinski definition) is 5. The van der Waals surface area contributed by atoms with Crippen molar-refractivity contribution in [1.82, 2.24) is 0 Å². The van der Waals surface area contributed by atoms with E-state index in [0.29, 0.717) is 33.0 Å². The zero-order valence-electron chi connectivity index (χ0n) is 16.0. The van der Waals surface area contributed by atoms with Gasteiger partial charge in [0.05, 0.1) is 33.0 Å². The standard InChI is InChI=1S/C19H31I2NO3S/c1-19(2,26)15-22(4-5-24-8-9-25-7-6-23-3)18-11-16(13-20)10-17(12-18)14-21/h10-12,26H,4-9,13-15H2,1-3H3. The van der Waals surface area contributed by atoms with Crippen LogP contribution in [-0.2, 0) is 23.1 Å². The van der Waals surface area contributed by atoms with Crippen LogP contribution in [0, 0.1) is 0 Å². The summed E-state index contributed by atoms with van der Waals surface area (Å²) in [6.45, 7) is 9.12. The molecule has 150 valence electrons. The highest BCUT2D eigenvalue weighted by molar-refractivity contribution is 14.1. The first-order valence-corrected chi connectivity index (χ1v) is 12.3. The molecule has 0 bridgehead atoms. The Kier molecular flexibility index (Phi) is 13.1. The Bertz CT molecular complexity index is 490. The minimum atomic E-state index is -0.0753. The van der Waals surface area contributed by atoms with Crippen molar-refractivity contribution in [3.63, 3.8) is 0 Å². The maximum absolute atomic E-state index is 5.76. The van der Waals surface area contributed by atoms with E-state index in [4.69, 9.17) is 26.8 Å². The Hall–Kier alpha value is 0.710. The molecule has 0 N–H and O–H groups in total. The highest BCUT2D eigenvalue weighted by Gasteiger charge is 2.18. The Morgan fingerprint density at radius 2 is 1.46 bits per heavy atom. The molecule has 0 spiro atoms. The summed E-state index contributed by atoms with van der Waals surface area (Å²) >= 11 is 9.58. The van der Waals surface area contributed by atoms with Crippen molar-refractivity contribution in [2.24, 2.45) is 0 Å². The lowest BCUT2D eigenvalue weighted by atomic mass is 10.1. The van der Waals surface area contributed by atoms with E-state index in [0.717, 1.165) is 21.9 Å². The largest absolute Gasteiger partial charge is 0.382 e. The van der Waals surface area contributed by atoms with Crippen LogP contribution in [0.1, 0.15) is 25.0 Å². The van der Waals surface area contributed by atoms with E-state index in [9.17, 15) is 0 Å². The fourth-order valence-electron chi connectivity index (χ4n) is 2.49. The summed E-state index contributed by atoms with van der Waals surface area (Å²) in [6, 6.07) is 6.87. The molecule has 0 heterocycles. The molecule has 0 aliphatic heterocycles. The second-order valence-corrected chi connectivity index (χ2v) is 9.46. The molecule has 0 unspecified atom stereocenters. The normalized spacial score (nSPS) is 11.8. The quantitative estimate of drug-likeness (QED) is 0.143. The highest BCUT2D eigenvalue weighted by Crippen LogP contribution is 2.25. The lowest BCUT2D eigenvalue weighted by Gasteiger charge is -2.32. The molecule has 0 amide bonds. The molecule has 1 aromatic carbocycles. The van der Waals surface area contributed by atoms with Crippen molar-refractivity contribution in [3.05, 3.63) is 29.3 Å². The van der Waals surface area contributed by atoms with Gasteiger partial charge in [0, 0.05) is 39.5 Å². The molecule has 0 aliphatic rings. The van der Waals surface area contributed by atoms with E-state index >= 15 is 0 Å². The number of ether oxygens (including phenoxy) is 3. The molecular weight excluding hydrogens is 576 g/mol. The third-order valence-electron chi connectivity index (χ3n) is 3.60. The number of rotatable bonds is 14. The van der Waals surface area contributed by atoms with Gasteiger partial charge in [0.15, 0.2) is 0 Å². The van der Waals surface area contributed by atoms with Gasteiger partial charge in [-0.15, -0.1) is 0 Å². The van der Waals surface area contributed by atoms with Crippen LogP contribution in [0.5, 0.6) is 0 Å². The van der Waals surface area contributed by atoms with Gasteiger partial charge in [-0.1, -0.05) is 51.2 Å². The van der Waals surface area contributed by atoms with Crippen LogP contribution in [0.2, 0.25) is 0 Å². The number of thiol groups is 1. The highest BCUT2D eigenvalue weighted by atomic mass is 127. The molecule has 4 nitrogen and oxygen atoms in total. The Morgan fingerprint density at radius 1 is 0.923 bits per heavy atom. The molecular formula is C19H31I2NO3S. The second kappa shape index (κ2) is 13.8. The molecule has 0 fully saturated rings. The SMILES string of the molecule is COCCOCCOCCN(CC(C)(C)S)c1cc(CI)cc(CI)c1. The van der Waals surface area contributed by atoms with Gasteiger partial charge in [-0.2, -0.15) is 12.6 Å². The van der Waals surface area contributed by atoms with E-state index < -0.39 is 0 Å². The van der Waals surface area contributed by atoms with E-state index in [2.05, 4.69) is 82.1 Å². The third kappa shape index (κ3) is 10.9. The van der Waals surface area contributed by atoms with Gasteiger partial charge in [0.1, 0.15) is 0 Å². The van der Waals surface area contributed by atoms with Crippen molar-refractivity contribution in [2.75, 3.05) is 58.1 Å². The molecule has 1 rings (SSSR count). The fraction of sp³-hybridized carbons (Fsp3) is 0.684. The third-order valence-corrected chi connectivity index (χ3v) is 5.50. The lowest BCUT2D eigenvalue weighted by Crippen LogP contribution is -2.37. The van der Waals surface area contributed by atoms with Crippen molar-refractivity contribution in [1.29, 1.82) is 0 Å². The summed E-state index contributed by atoms with van der Waals surface area (Å²) in [5, 5.41) is 0. The van der Waals surface area contributed by atoms with E-state index in [1.54, 1.807) is 7.11 Å². The van der Waals surface area contributed by atoms with Crippen LogP contribution >= 0.6 is 57.8 Å². The Balaban J connectivity index is 2.62. The minimum absolute atomic E-state index is 0.0753. The summed E-state index contributed by atoms with van der Waals surface area (Å²) in [6.07, 6.45) is 0. The van der Waals surface area contributed by atoms with Gasteiger partial charge in [0.25, 0.3) is 0 Å². The molecule has 0 radical (unpaired) electrons. The molecule has 0 atom stereocenters. The van der Waals surface area contributed by atoms with Gasteiger partial charge in [-0.3, -0.25) is 0 Å². The molecule has 1 aromatic rings. The Morgan fingerprint density at radius 3 is 1.96 bits per heavy atom. The average molecular weight is 607 g/mol. The second-order valence-electron chi connectivity index (χ2n) is 6.73. The fourth-order valence-corrected chi connectivity index (χ4v) is 3.54. The summed E-state index contributed by atoms with van der Waals surface area (Å²) in [5.41, 5.74) is 3.99. The van der Waals surface area contributed by atoms with Gasteiger partial charge >= 0.3 is 0 Å². The van der Waals surface area contributed by atoms with Crippen LogP contribution in [-0.4, -0.2) is 58.0 Å². The van der Waals surface area contributed by atoms with Gasteiger partial charge in [-0.25, -0.2) is 0 Å². The topological polar surface area (TPSA) is 30.9 Å². The van der Waals surface area contributed by atoms with E-state index in [1.165, 1.54) is 16.8 Å².